The minimum absolute atomic E-state index is 0.792. The predicted molar refractivity (Wildman–Crippen MR) is 64.8 cm³/mol. The molecule has 0 saturated carbocycles. The standard InChI is InChI=1S/C12H22N2/c1-5-6-7-8-14-10-12(13-4)9-11(2)3/h9,14H,2,4-8,10H2,1,3H3. The Balaban J connectivity index is 3.63. The van der Waals surface area contributed by atoms with E-state index in [2.05, 4.69) is 30.5 Å². The lowest BCUT2D eigenvalue weighted by Crippen LogP contribution is -2.17. The minimum atomic E-state index is 0.792. The summed E-state index contributed by atoms with van der Waals surface area (Å²) >= 11 is 0. The highest BCUT2D eigenvalue weighted by molar-refractivity contribution is 5.31. The second-order valence-electron chi connectivity index (χ2n) is 3.52. The van der Waals surface area contributed by atoms with Crippen molar-refractivity contribution in [3.05, 3.63) is 23.9 Å². The first-order chi connectivity index (χ1) is 6.70. The quantitative estimate of drug-likeness (QED) is 0.358. The lowest BCUT2D eigenvalue weighted by Gasteiger charge is -2.04. The van der Waals surface area contributed by atoms with Crippen molar-refractivity contribution in [3.63, 3.8) is 0 Å². The molecule has 0 unspecified atom stereocenters. The molecule has 0 aliphatic carbocycles. The van der Waals surface area contributed by atoms with E-state index in [-0.39, 0.29) is 0 Å². The van der Waals surface area contributed by atoms with Crippen molar-refractivity contribution >= 4 is 6.72 Å². The molecule has 0 radical (unpaired) electrons. The zero-order valence-corrected chi connectivity index (χ0v) is 9.47. The van der Waals surface area contributed by atoms with Gasteiger partial charge in [-0.15, -0.1) is 0 Å². The van der Waals surface area contributed by atoms with Crippen molar-refractivity contribution in [2.45, 2.75) is 33.1 Å². The maximum atomic E-state index is 3.93. The van der Waals surface area contributed by atoms with Crippen molar-refractivity contribution in [1.82, 2.24) is 5.32 Å². The summed E-state index contributed by atoms with van der Waals surface area (Å²) in [5.74, 6) is 0. The van der Waals surface area contributed by atoms with Crippen LogP contribution in [0.2, 0.25) is 0 Å². The highest BCUT2D eigenvalue weighted by Gasteiger charge is 1.93. The largest absolute Gasteiger partial charge is 0.311 e. The Labute approximate surface area is 87.8 Å². The van der Waals surface area contributed by atoms with Crippen LogP contribution in [-0.4, -0.2) is 19.8 Å². The van der Waals surface area contributed by atoms with Gasteiger partial charge in [-0.2, -0.15) is 0 Å². The molecule has 0 fully saturated rings. The number of nitrogens with one attached hydrogen (secondary N) is 1. The van der Waals surface area contributed by atoms with Crippen molar-refractivity contribution in [2.24, 2.45) is 4.99 Å². The molecule has 2 heteroatoms. The van der Waals surface area contributed by atoms with Crippen LogP contribution in [-0.2, 0) is 0 Å². The summed E-state index contributed by atoms with van der Waals surface area (Å²) < 4.78 is 0. The number of allylic oxidation sites excluding steroid dienone is 2. The fraction of sp³-hybridized carbons (Fsp3) is 0.583. The highest BCUT2D eigenvalue weighted by Crippen LogP contribution is 2.00. The molecule has 0 rings (SSSR count). The Morgan fingerprint density at radius 3 is 2.64 bits per heavy atom. The van der Waals surface area contributed by atoms with E-state index < -0.39 is 0 Å². The van der Waals surface area contributed by atoms with Crippen LogP contribution in [0.4, 0.5) is 0 Å². The molecule has 0 atom stereocenters. The average Bonchev–Trinajstić information content (AvgIpc) is 2.15. The third-order valence-corrected chi connectivity index (χ3v) is 1.88. The zero-order chi connectivity index (χ0) is 10.8. The van der Waals surface area contributed by atoms with Gasteiger partial charge < -0.3 is 5.32 Å². The van der Waals surface area contributed by atoms with Gasteiger partial charge in [0.05, 0.1) is 5.70 Å². The molecule has 0 heterocycles. The molecule has 1 N–H and O–H groups in total. The first kappa shape index (κ1) is 13.1. The lowest BCUT2D eigenvalue weighted by atomic mass is 10.2. The molecule has 0 spiro atoms. The van der Waals surface area contributed by atoms with Crippen LogP contribution in [0.15, 0.2) is 28.9 Å². The van der Waals surface area contributed by atoms with Crippen molar-refractivity contribution in [1.29, 1.82) is 0 Å². The van der Waals surface area contributed by atoms with Crippen molar-refractivity contribution < 1.29 is 0 Å². The van der Waals surface area contributed by atoms with Gasteiger partial charge >= 0.3 is 0 Å². The van der Waals surface area contributed by atoms with Crippen LogP contribution in [0.3, 0.4) is 0 Å². The van der Waals surface area contributed by atoms with Crippen molar-refractivity contribution in [2.75, 3.05) is 13.1 Å². The van der Waals surface area contributed by atoms with E-state index in [0.29, 0.717) is 0 Å². The SMILES string of the molecule is C=NC(=CC(=C)C)CNCCCCC. The minimum Gasteiger partial charge on any atom is -0.311 e. The van der Waals surface area contributed by atoms with Gasteiger partial charge in [-0.05, 0) is 32.7 Å². The molecular weight excluding hydrogens is 172 g/mol. The van der Waals surface area contributed by atoms with E-state index in [9.17, 15) is 0 Å². The number of hydrogen-bond acceptors (Lipinski definition) is 2. The van der Waals surface area contributed by atoms with E-state index in [1.807, 2.05) is 13.0 Å². The molecule has 0 aromatic heterocycles. The topological polar surface area (TPSA) is 24.4 Å². The average molecular weight is 194 g/mol. The lowest BCUT2D eigenvalue weighted by molar-refractivity contribution is 0.638. The Bertz CT molecular complexity index is 204. The highest BCUT2D eigenvalue weighted by atomic mass is 14.9. The number of aliphatic imine (C=N–C) groups is 1. The van der Waals surface area contributed by atoms with Crippen LogP contribution >= 0.6 is 0 Å². The van der Waals surface area contributed by atoms with Crippen LogP contribution in [0.5, 0.6) is 0 Å². The summed E-state index contributed by atoms with van der Waals surface area (Å²) in [7, 11) is 0. The third kappa shape index (κ3) is 7.74. The Morgan fingerprint density at radius 2 is 2.14 bits per heavy atom. The maximum absolute atomic E-state index is 3.93. The Kier molecular flexibility index (Phi) is 8.14. The van der Waals surface area contributed by atoms with Crippen LogP contribution in [0.1, 0.15) is 33.1 Å². The second kappa shape index (κ2) is 8.70. The fourth-order valence-corrected chi connectivity index (χ4v) is 1.15. The Hall–Kier alpha value is -0.890. The molecule has 2 nitrogen and oxygen atoms in total. The van der Waals surface area contributed by atoms with E-state index in [1.165, 1.54) is 19.3 Å². The van der Waals surface area contributed by atoms with Crippen LogP contribution in [0, 0.1) is 0 Å². The number of rotatable bonds is 8. The van der Waals surface area contributed by atoms with Gasteiger partial charge in [0.2, 0.25) is 0 Å². The molecule has 0 aromatic rings. The zero-order valence-electron chi connectivity index (χ0n) is 9.47. The summed E-state index contributed by atoms with van der Waals surface area (Å²) in [6, 6.07) is 0. The van der Waals surface area contributed by atoms with Gasteiger partial charge in [0.1, 0.15) is 0 Å². The number of nitrogens with zero attached hydrogens (tertiary/aromatic N) is 1. The first-order valence-electron chi connectivity index (χ1n) is 5.24. The second-order valence-corrected chi connectivity index (χ2v) is 3.52. The Morgan fingerprint density at radius 1 is 1.43 bits per heavy atom. The first-order valence-corrected chi connectivity index (χ1v) is 5.24. The van der Waals surface area contributed by atoms with Crippen molar-refractivity contribution in [3.8, 4) is 0 Å². The predicted octanol–water partition coefficient (Wildman–Crippen LogP) is 2.93. The molecule has 0 bridgehead atoms. The molecule has 0 saturated heterocycles. The van der Waals surface area contributed by atoms with E-state index in [1.54, 1.807) is 0 Å². The number of hydrogen-bond donors (Lipinski definition) is 1. The maximum Gasteiger partial charge on any atom is 0.0536 e. The van der Waals surface area contributed by atoms with E-state index in [4.69, 9.17) is 0 Å². The normalized spacial score (nSPS) is 11.4. The summed E-state index contributed by atoms with van der Waals surface area (Å²) in [6.07, 6.45) is 5.73. The molecule has 0 aliphatic heterocycles. The molecule has 80 valence electrons. The molecule has 0 aliphatic rings. The molecule has 0 amide bonds. The molecule has 14 heavy (non-hydrogen) atoms. The summed E-state index contributed by atoms with van der Waals surface area (Å²) in [6.45, 7) is 13.3. The van der Waals surface area contributed by atoms with E-state index in [0.717, 1.165) is 24.4 Å². The van der Waals surface area contributed by atoms with Gasteiger partial charge in [0.15, 0.2) is 0 Å². The molecule has 0 aromatic carbocycles. The van der Waals surface area contributed by atoms with Gasteiger partial charge in [0, 0.05) is 6.54 Å². The van der Waals surface area contributed by atoms with Gasteiger partial charge in [0.25, 0.3) is 0 Å². The van der Waals surface area contributed by atoms with Gasteiger partial charge in [-0.1, -0.05) is 31.9 Å². The summed E-state index contributed by atoms with van der Waals surface area (Å²) in [4.78, 5) is 3.93. The monoisotopic (exact) mass is 194 g/mol. The fourth-order valence-electron chi connectivity index (χ4n) is 1.15. The van der Waals surface area contributed by atoms with E-state index >= 15 is 0 Å². The smallest absolute Gasteiger partial charge is 0.0536 e. The molecular formula is C12H22N2. The number of unbranched alkanes of at least 4 members (excludes halogenated alkanes) is 2. The van der Waals surface area contributed by atoms with Crippen LogP contribution < -0.4 is 5.32 Å². The van der Waals surface area contributed by atoms with Gasteiger partial charge in [-0.25, -0.2) is 0 Å². The summed E-state index contributed by atoms with van der Waals surface area (Å²) in [5.41, 5.74) is 1.98. The summed E-state index contributed by atoms with van der Waals surface area (Å²) in [5, 5.41) is 3.33. The third-order valence-electron chi connectivity index (χ3n) is 1.88. The van der Waals surface area contributed by atoms with Crippen LogP contribution in [0.25, 0.3) is 0 Å². The van der Waals surface area contributed by atoms with Gasteiger partial charge in [-0.3, -0.25) is 4.99 Å².